The zero-order valence-electron chi connectivity index (χ0n) is 15.3. The molecule has 7 heteroatoms. The molecular formula is C20H22N6O. The topological polar surface area (TPSA) is 68.3 Å². The number of rotatable bonds is 3. The Hall–Kier alpha value is -2.96. The summed E-state index contributed by atoms with van der Waals surface area (Å²) in [5, 5.41) is 8.72. The van der Waals surface area contributed by atoms with Crippen LogP contribution in [0, 0.1) is 11.8 Å². The van der Waals surface area contributed by atoms with Gasteiger partial charge in [0.1, 0.15) is 0 Å². The Bertz CT molecular complexity index is 1020. The molecule has 0 bridgehead atoms. The van der Waals surface area contributed by atoms with Gasteiger partial charge in [0.05, 0.1) is 35.5 Å². The average Bonchev–Trinajstić information content (AvgIpc) is 3.42. The van der Waals surface area contributed by atoms with E-state index in [4.69, 9.17) is 4.98 Å². The number of aromatic nitrogens is 5. The smallest absolute Gasteiger partial charge is 0.245 e. The van der Waals surface area contributed by atoms with Gasteiger partial charge in [-0.2, -0.15) is 10.2 Å². The van der Waals surface area contributed by atoms with Gasteiger partial charge in [0, 0.05) is 37.8 Å². The second kappa shape index (κ2) is 6.04. The number of carbonyl (C=O) groups is 1. The van der Waals surface area contributed by atoms with Gasteiger partial charge in [-0.1, -0.05) is 6.58 Å². The summed E-state index contributed by atoms with van der Waals surface area (Å²) in [4.78, 5) is 18.9. The molecule has 0 radical (unpaired) electrons. The first kappa shape index (κ1) is 16.2. The van der Waals surface area contributed by atoms with E-state index in [9.17, 15) is 4.79 Å². The molecule has 1 aliphatic heterocycles. The molecule has 27 heavy (non-hydrogen) atoms. The fourth-order valence-electron chi connectivity index (χ4n) is 4.78. The second-order valence-electron chi connectivity index (χ2n) is 7.71. The van der Waals surface area contributed by atoms with Crippen LogP contribution < -0.4 is 0 Å². The van der Waals surface area contributed by atoms with E-state index in [1.807, 2.05) is 47.3 Å². The summed E-state index contributed by atoms with van der Waals surface area (Å²) in [7, 11) is 1.91. The first-order chi connectivity index (χ1) is 13.1. The average molecular weight is 362 g/mol. The van der Waals surface area contributed by atoms with Gasteiger partial charge in [-0.05, 0) is 36.8 Å². The van der Waals surface area contributed by atoms with Crippen molar-refractivity contribution < 1.29 is 4.79 Å². The molecule has 0 aromatic carbocycles. The van der Waals surface area contributed by atoms with Crippen LogP contribution in [0.15, 0.2) is 43.5 Å². The predicted octanol–water partition coefficient (Wildman–Crippen LogP) is 2.27. The minimum atomic E-state index is 0.0517. The van der Waals surface area contributed by atoms with Gasteiger partial charge >= 0.3 is 0 Å². The number of fused-ring (bicyclic) bond motifs is 2. The molecule has 1 saturated heterocycles. The highest BCUT2D eigenvalue weighted by atomic mass is 16.2. The summed E-state index contributed by atoms with van der Waals surface area (Å²) in [6.45, 7) is 5.29. The monoisotopic (exact) mass is 362 g/mol. The van der Waals surface area contributed by atoms with E-state index in [-0.39, 0.29) is 5.91 Å². The van der Waals surface area contributed by atoms with Gasteiger partial charge in [-0.3, -0.25) is 9.48 Å². The lowest BCUT2D eigenvalue weighted by Crippen LogP contribution is -2.28. The van der Waals surface area contributed by atoms with Gasteiger partial charge in [0.2, 0.25) is 5.91 Å². The Balaban J connectivity index is 1.47. The Morgan fingerprint density at radius 1 is 1.22 bits per heavy atom. The standard InChI is InChI=1S/C20H22N6O/c1-3-19(27)25-10-14-6-13(7-15(14)11-25)20-18-4-5-21-26(18)12-17(23-20)16-8-22-24(2)9-16/h3-5,8-9,12-15H,1,6-7,10-11H2,2H3/t13?,14-,15+. The van der Waals surface area contributed by atoms with Crippen LogP contribution in [-0.4, -0.2) is 48.3 Å². The number of hydrogen-bond acceptors (Lipinski definition) is 4. The van der Waals surface area contributed by atoms with Crippen LogP contribution in [0.5, 0.6) is 0 Å². The molecule has 7 nitrogen and oxygen atoms in total. The lowest BCUT2D eigenvalue weighted by molar-refractivity contribution is -0.125. The molecule has 3 aromatic rings. The molecule has 2 aliphatic rings. The highest BCUT2D eigenvalue weighted by Gasteiger charge is 2.43. The van der Waals surface area contributed by atoms with E-state index in [2.05, 4.69) is 16.8 Å². The Labute approximate surface area is 157 Å². The Morgan fingerprint density at radius 3 is 2.67 bits per heavy atom. The van der Waals surface area contributed by atoms with E-state index in [1.54, 1.807) is 4.68 Å². The van der Waals surface area contributed by atoms with Crippen molar-refractivity contribution in [2.45, 2.75) is 18.8 Å². The summed E-state index contributed by atoms with van der Waals surface area (Å²) in [6, 6.07) is 2.04. The van der Waals surface area contributed by atoms with Crippen molar-refractivity contribution in [2.75, 3.05) is 13.1 Å². The molecule has 0 spiro atoms. The van der Waals surface area contributed by atoms with Crippen LogP contribution in [0.3, 0.4) is 0 Å². The van der Waals surface area contributed by atoms with Crippen molar-refractivity contribution in [3.63, 3.8) is 0 Å². The Morgan fingerprint density at radius 2 is 2.00 bits per heavy atom. The molecule has 4 heterocycles. The van der Waals surface area contributed by atoms with Crippen LogP contribution in [0.2, 0.25) is 0 Å². The van der Waals surface area contributed by atoms with Crippen LogP contribution in [0.4, 0.5) is 0 Å². The van der Waals surface area contributed by atoms with E-state index in [0.29, 0.717) is 17.8 Å². The van der Waals surface area contributed by atoms with Crippen molar-refractivity contribution in [2.24, 2.45) is 18.9 Å². The first-order valence-electron chi connectivity index (χ1n) is 9.37. The summed E-state index contributed by atoms with van der Waals surface area (Å²) in [5.41, 5.74) is 4.09. The zero-order chi connectivity index (χ0) is 18.5. The third kappa shape index (κ3) is 2.65. The molecule has 2 fully saturated rings. The lowest BCUT2D eigenvalue weighted by Gasteiger charge is -2.18. The minimum absolute atomic E-state index is 0.0517. The van der Waals surface area contributed by atoms with Crippen LogP contribution in [0.1, 0.15) is 24.5 Å². The fourth-order valence-corrected chi connectivity index (χ4v) is 4.78. The van der Waals surface area contributed by atoms with Crippen LogP contribution in [0.25, 0.3) is 16.8 Å². The molecule has 138 valence electrons. The number of hydrogen-bond donors (Lipinski definition) is 0. The van der Waals surface area contributed by atoms with E-state index >= 15 is 0 Å². The van der Waals surface area contributed by atoms with Crippen molar-refractivity contribution >= 4 is 11.4 Å². The van der Waals surface area contributed by atoms with E-state index in [0.717, 1.165) is 48.4 Å². The molecule has 1 unspecified atom stereocenters. The third-order valence-corrected chi connectivity index (χ3v) is 6.04. The normalized spacial score (nSPS) is 24.5. The van der Waals surface area contributed by atoms with Crippen molar-refractivity contribution in [1.82, 2.24) is 29.3 Å². The van der Waals surface area contributed by atoms with Crippen molar-refractivity contribution in [1.29, 1.82) is 0 Å². The molecular weight excluding hydrogens is 340 g/mol. The number of aryl methyl sites for hydroxylation is 1. The molecule has 3 atom stereocenters. The van der Waals surface area contributed by atoms with E-state index < -0.39 is 0 Å². The summed E-state index contributed by atoms with van der Waals surface area (Å²) < 4.78 is 3.71. The number of amides is 1. The summed E-state index contributed by atoms with van der Waals surface area (Å²) in [6.07, 6.45) is 11.2. The lowest BCUT2D eigenvalue weighted by atomic mass is 10.00. The molecule has 5 rings (SSSR count). The zero-order valence-corrected chi connectivity index (χ0v) is 15.3. The highest BCUT2D eigenvalue weighted by molar-refractivity contribution is 5.87. The van der Waals surface area contributed by atoms with Crippen molar-refractivity contribution in [3.8, 4) is 11.3 Å². The maximum atomic E-state index is 11.9. The maximum Gasteiger partial charge on any atom is 0.245 e. The molecule has 1 amide bonds. The first-order valence-corrected chi connectivity index (χ1v) is 9.37. The highest BCUT2D eigenvalue weighted by Crippen LogP contribution is 2.46. The van der Waals surface area contributed by atoms with E-state index in [1.165, 1.54) is 6.08 Å². The number of nitrogens with zero attached hydrogens (tertiary/aromatic N) is 6. The Kier molecular flexibility index (Phi) is 3.63. The molecule has 0 N–H and O–H groups in total. The largest absolute Gasteiger partial charge is 0.339 e. The quantitative estimate of drug-likeness (QED) is 0.670. The predicted molar refractivity (Wildman–Crippen MR) is 101 cm³/mol. The van der Waals surface area contributed by atoms with Crippen LogP contribution >= 0.6 is 0 Å². The number of carbonyl (C=O) groups excluding carboxylic acids is 1. The van der Waals surface area contributed by atoms with Gasteiger partial charge < -0.3 is 4.90 Å². The molecule has 1 aliphatic carbocycles. The summed E-state index contributed by atoms with van der Waals surface area (Å²) in [5.74, 6) is 1.55. The minimum Gasteiger partial charge on any atom is -0.339 e. The van der Waals surface area contributed by atoms with Gasteiger partial charge in [0.15, 0.2) is 0 Å². The van der Waals surface area contributed by atoms with Gasteiger partial charge in [-0.25, -0.2) is 9.50 Å². The van der Waals surface area contributed by atoms with Crippen molar-refractivity contribution in [3.05, 3.63) is 49.2 Å². The maximum absolute atomic E-state index is 11.9. The fraction of sp³-hybridized carbons (Fsp3) is 0.400. The van der Waals surface area contributed by atoms with Gasteiger partial charge in [0.25, 0.3) is 0 Å². The number of likely N-dealkylation sites (tertiary alicyclic amines) is 1. The van der Waals surface area contributed by atoms with Crippen LogP contribution in [-0.2, 0) is 11.8 Å². The second-order valence-corrected chi connectivity index (χ2v) is 7.71. The van der Waals surface area contributed by atoms with Gasteiger partial charge in [-0.15, -0.1) is 0 Å². The molecule has 3 aromatic heterocycles. The summed E-state index contributed by atoms with van der Waals surface area (Å²) >= 11 is 0. The third-order valence-electron chi connectivity index (χ3n) is 6.04. The molecule has 1 saturated carbocycles. The SMILES string of the molecule is C=CC(=O)N1C[C@H]2CC(c3nc(-c4cnn(C)c4)cn4nccc34)C[C@H]2C1.